The lowest BCUT2D eigenvalue weighted by atomic mass is 9.85. The van der Waals surface area contributed by atoms with E-state index in [0.717, 1.165) is 67.2 Å². The highest BCUT2D eigenvalue weighted by molar-refractivity contribution is 6.04. The Balaban J connectivity index is 1.16. The summed E-state index contributed by atoms with van der Waals surface area (Å²) in [6.07, 6.45) is 8.62. The van der Waals surface area contributed by atoms with Gasteiger partial charge < -0.3 is 15.5 Å². The van der Waals surface area contributed by atoms with Crippen LogP contribution in [0.4, 0.5) is 17.3 Å². The average Bonchev–Trinajstić information content (AvgIpc) is 2.99. The Morgan fingerprint density at radius 1 is 1.00 bits per heavy atom. The van der Waals surface area contributed by atoms with Crippen molar-refractivity contribution in [2.45, 2.75) is 32.2 Å². The summed E-state index contributed by atoms with van der Waals surface area (Å²) in [5.41, 5.74) is 7.68. The molecule has 40 heavy (non-hydrogen) atoms. The van der Waals surface area contributed by atoms with Crippen LogP contribution in [0.1, 0.15) is 45.9 Å². The molecule has 0 radical (unpaired) electrons. The van der Waals surface area contributed by atoms with Crippen LogP contribution < -0.4 is 10.6 Å². The number of hydrogen-bond acceptors (Lipinski definition) is 7. The number of nitrogens with one attached hydrogen (secondary N) is 2. The largest absolute Gasteiger partial charge is 0.324 e. The lowest BCUT2D eigenvalue weighted by Crippen LogP contribution is -2.46. The molecule has 204 valence electrons. The molecule has 1 amide bonds. The van der Waals surface area contributed by atoms with Gasteiger partial charge in [0.2, 0.25) is 5.95 Å². The number of fused-ring (bicyclic) bond motifs is 1. The zero-order chi connectivity index (χ0) is 27.5. The third kappa shape index (κ3) is 5.73. The van der Waals surface area contributed by atoms with Gasteiger partial charge in [0.25, 0.3) is 5.91 Å². The SMILES string of the molecule is Cc1ccc(NC(=O)c2ccc3c(c2)CCC[C@@H]3N2CCN(C)CC2)cc1Nc1nccc(-c2cccnc2)n1. The standard InChI is InChI=1S/C32H35N7O/c1-22-8-10-26(20-29(22)37-32-34-14-12-28(36-32)25-6-4-13-33-21-25)35-31(40)24-9-11-27-23(19-24)5-3-7-30(27)39-17-15-38(2)16-18-39/h4,6,8-14,19-21,30H,3,5,7,15-18H2,1-2H3,(H,35,40)(H,34,36,37)/t30-/m0/s1. The number of aromatic nitrogens is 3. The second-order valence-corrected chi connectivity index (χ2v) is 10.8. The minimum atomic E-state index is -0.103. The summed E-state index contributed by atoms with van der Waals surface area (Å²) < 4.78 is 0. The summed E-state index contributed by atoms with van der Waals surface area (Å²) in [7, 11) is 2.19. The number of amides is 1. The van der Waals surface area contributed by atoms with Gasteiger partial charge in [0, 0.05) is 73.3 Å². The molecule has 6 rings (SSSR count). The van der Waals surface area contributed by atoms with Crippen molar-refractivity contribution in [1.29, 1.82) is 0 Å². The van der Waals surface area contributed by atoms with Crippen molar-refractivity contribution < 1.29 is 4.79 Å². The fourth-order valence-electron chi connectivity index (χ4n) is 5.69. The highest BCUT2D eigenvalue weighted by atomic mass is 16.1. The molecule has 1 aliphatic heterocycles. The van der Waals surface area contributed by atoms with Gasteiger partial charge in [-0.3, -0.25) is 14.7 Å². The predicted octanol–water partition coefficient (Wildman–Crippen LogP) is 5.47. The van der Waals surface area contributed by atoms with E-state index < -0.39 is 0 Å². The second-order valence-electron chi connectivity index (χ2n) is 10.8. The Hall–Kier alpha value is -4.14. The number of aryl methyl sites for hydroxylation is 2. The molecule has 2 aromatic carbocycles. The van der Waals surface area contributed by atoms with Crippen LogP contribution in [0.3, 0.4) is 0 Å². The summed E-state index contributed by atoms with van der Waals surface area (Å²) in [5, 5.41) is 6.40. The molecule has 1 fully saturated rings. The third-order valence-electron chi connectivity index (χ3n) is 8.02. The van der Waals surface area contributed by atoms with Crippen molar-refractivity contribution in [2.75, 3.05) is 43.9 Å². The number of piperazine rings is 1. The van der Waals surface area contributed by atoms with E-state index in [1.807, 2.05) is 49.4 Å². The van der Waals surface area contributed by atoms with Crippen molar-refractivity contribution >= 4 is 23.2 Å². The van der Waals surface area contributed by atoms with Crippen LogP contribution in [-0.2, 0) is 6.42 Å². The molecular weight excluding hydrogens is 498 g/mol. The van der Waals surface area contributed by atoms with Crippen LogP contribution in [0.5, 0.6) is 0 Å². The molecule has 1 saturated heterocycles. The first-order chi connectivity index (χ1) is 19.5. The Bertz CT molecular complexity index is 1500. The molecule has 4 aromatic rings. The number of benzene rings is 2. The first-order valence-electron chi connectivity index (χ1n) is 14.0. The average molecular weight is 534 g/mol. The molecule has 8 nitrogen and oxygen atoms in total. The van der Waals surface area contributed by atoms with Crippen molar-refractivity contribution in [3.8, 4) is 11.3 Å². The summed E-state index contributed by atoms with van der Waals surface area (Å²) in [4.78, 5) is 31.5. The summed E-state index contributed by atoms with van der Waals surface area (Å²) in [6, 6.07) is 18.3. The quantitative estimate of drug-likeness (QED) is 0.340. The summed E-state index contributed by atoms with van der Waals surface area (Å²) in [5.74, 6) is 0.381. The van der Waals surface area contributed by atoms with Gasteiger partial charge in [0.05, 0.1) is 5.69 Å². The molecule has 8 heteroatoms. The fourth-order valence-corrected chi connectivity index (χ4v) is 5.69. The zero-order valence-corrected chi connectivity index (χ0v) is 23.1. The maximum absolute atomic E-state index is 13.3. The highest BCUT2D eigenvalue weighted by Crippen LogP contribution is 2.35. The monoisotopic (exact) mass is 533 g/mol. The third-order valence-corrected chi connectivity index (χ3v) is 8.02. The van der Waals surface area contributed by atoms with Crippen LogP contribution in [0.2, 0.25) is 0 Å². The molecule has 0 unspecified atom stereocenters. The van der Waals surface area contributed by atoms with Gasteiger partial charge in [-0.05, 0) is 92.4 Å². The maximum atomic E-state index is 13.3. The van der Waals surface area contributed by atoms with Gasteiger partial charge >= 0.3 is 0 Å². The Kier molecular flexibility index (Phi) is 7.53. The van der Waals surface area contributed by atoms with Gasteiger partial charge in [0.1, 0.15) is 0 Å². The van der Waals surface area contributed by atoms with Gasteiger partial charge in [-0.25, -0.2) is 9.97 Å². The van der Waals surface area contributed by atoms with E-state index in [-0.39, 0.29) is 5.91 Å². The van der Waals surface area contributed by atoms with Crippen molar-refractivity contribution in [2.24, 2.45) is 0 Å². The molecule has 0 saturated carbocycles. The second kappa shape index (κ2) is 11.5. The van der Waals surface area contributed by atoms with Gasteiger partial charge in [-0.15, -0.1) is 0 Å². The number of anilines is 3. The Labute approximate surface area is 235 Å². The first kappa shape index (κ1) is 26.1. The molecule has 2 N–H and O–H groups in total. The van der Waals surface area contributed by atoms with E-state index in [1.54, 1.807) is 18.6 Å². The van der Waals surface area contributed by atoms with E-state index >= 15 is 0 Å². The number of carbonyl (C=O) groups is 1. The fraction of sp³-hybridized carbons (Fsp3) is 0.312. The molecular formula is C32H35N7O. The van der Waals surface area contributed by atoms with Gasteiger partial charge in [-0.1, -0.05) is 12.1 Å². The van der Waals surface area contributed by atoms with E-state index in [2.05, 4.69) is 54.6 Å². The van der Waals surface area contributed by atoms with Crippen molar-refractivity contribution in [3.63, 3.8) is 0 Å². The molecule has 3 heterocycles. The van der Waals surface area contributed by atoms with Crippen LogP contribution >= 0.6 is 0 Å². The maximum Gasteiger partial charge on any atom is 0.255 e. The van der Waals surface area contributed by atoms with E-state index in [4.69, 9.17) is 0 Å². The number of carbonyl (C=O) groups excluding carboxylic acids is 1. The highest BCUT2D eigenvalue weighted by Gasteiger charge is 2.28. The minimum Gasteiger partial charge on any atom is -0.324 e. The molecule has 0 spiro atoms. The number of nitrogens with zero attached hydrogens (tertiary/aromatic N) is 5. The van der Waals surface area contributed by atoms with Gasteiger partial charge in [-0.2, -0.15) is 0 Å². The number of pyridine rings is 1. The van der Waals surface area contributed by atoms with E-state index in [1.165, 1.54) is 17.5 Å². The first-order valence-corrected chi connectivity index (χ1v) is 14.0. The van der Waals surface area contributed by atoms with Crippen molar-refractivity contribution in [3.05, 3.63) is 95.4 Å². The topological polar surface area (TPSA) is 86.3 Å². The zero-order valence-electron chi connectivity index (χ0n) is 23.1. The normalized spacial score (nSPS) is 17.7. The molecule has 2 aromatic heterocycles. The predicted molar refractivity (Wildman–Crippen MR) is 159 cm³/mol. The van der Waals surface area contributed by atoms with Gasteiger partial charge in [0.15, 0.2) is 0 Å². The number of rotatable bonds is 6. The van der Waals surface area contributed by atoms with E-state index in [9.17, 15) is 4.79 Å². The molecule has 1 atom stereocenters. The van der Waals surface area contributed by atoms with Crippen LogP contribution in [0.15, 0.2) is 73.2 Å². The molecule has 2 aliphatic rings. The molecule has 0 bridgehead atoms. The lowest BCUT2D eigenvalue weighted by molar-refractivity contribution is 0.101. The number of hydrogen-bond donors (Lipinski definition) is 2. The number of likely N-dealkylation sites (N-methyl/N-ethyl adjacent to an activating group) is 1. The smallest absolute Gasteiger partial charge is 0.255 e. The minimum absolute atomic E-state index is 0.103. The Morgan fingerprint density at radius 2 is 1.88 bits per heavy atom. The van der Waals surface area contributed by atoms with Crippen LogP contribution in [0.25, 0.3) is 11.3 Å². The Morgan fingerprint density at radius 3 is 2.70 bits per heavy atom. The van der Waals surface area contributed by atoms with Crippen LogP contribution in [0, 0.1) is 6.92 Å². The lowest BCUT2D eigenvalue weighted by Gasteiger charge is -2.40. The van der Waals surface area contributed by atoms with E-state index in [0.29, 0.717) is 17.6 Å². The summed E-state index contributed by atoms with van der Waals surface area (Å²) in [6.45, 7) is 6.44. The molecule has 1 aliphatic carbocycles. The summed E-state index contributed by atoms with van der Waals surface area (Å²) >= 11 is 0. The van der Waals surface area contributed by atoms with Crippen LogP contribution in [-0.4, -0.2) is 63.9 Å². The van der Waals surface area contributed by atoms with Crippen molar-refractivity contribution in [1.82, 2.24) is 24.8 Å².